The van der Waals surface area contributed by atoms with Crippen LogP contribution >= 0.6 is 0 Å². The van der Waals surface area contributed by atoms with Crippen LogP contribution in [0.3, 0.4) is 0 Å². The fraction of sp³-hybridized carbons (Fsp3) is 0.0476. The van der Waals surface area contributed by atoms with Gasteiger partial charge < -0.3 is 15.1 Å². The molecular weight excluding hydrogens is 347 g/mol. The third-order valence-electron chi connectivity index (χ3n) is 3.73. The zero-order chi connectivity index (χ0) is 19.2. The van der Waals surface area contributed by atoms with E-state index in [0.717, 1.165) is 5.56 Å². The van der Waals surface area contributed by atoms with E-state index in [4.69, 9.17) is 4.42 Å². The van der Waals surface area contributed by atoms with Crippen LogP contribution in [0.25, 0.3) is 6.08 Å². The van der Waals surface area contributed by atoms with Crippen LogP contribution in [0.15, 0.2) is 77.0 Å². The average Bonchev–Trinajstić information content (AvgIpc) is 3.19. The smallest absolute Gasteiger partial charge is 0.291 e. The summed E-state index contributed by atoms with van der Waals surface area (Å²) in [6, 6.07) is 15.9. The monoisotopic (exact) mass is 364 g/mol. The lowest BCUT2D eigenvalue weighted by Crippen LogP contribution is -2.30. The third kappa shape index (κ3) is 4.92. The molecule has 0 saturated carbocycles. The molecule has 0 unspecified atom stereocenters. The van der Waals surface area contributed by atoms with Gasteiger partial charge in [-0.05, 0) is 55.0 Å². The molecule has 2 aromatic carbocycles. The van der Waals surface area contributed by atoms with Crippen molar-refractivity contribution in [3.8, 4) is 0 Å². The van der Waals surface area contributed by atoms with Gasteiger partial charge in [-0.3, -0.25) is 9.59 Å². The first-order chi connectivity index (χ1) is 13.0. The standard InChI is InChI=1S/C21H17FN2O3/c1-14-4-10-17(11-5-14)23-20(25)18(13-15-6-8-16(22)9-7-15)24-21(26)19-3-2-12-27-19/h2-13H,1H3,(H,23,25)(H,24,26). The summed E-state index contributed by atoms with van der Waals surface area (Å²) >= 11 is 0. The Balaban J connectivity index is 1.85. The van der Waals surface area contributed by atoms with Gasteiger partial charge in [0.05, 0.1) is 6.26 Å². The molecular formula is C21H17FN2O3. The summed E-state index contributed by atoms with van der Waals surface area (Å²) in [6.07, 6.45) is 2.83. The summed E-state index contributed by atoms with van der Waals surface area (Å²) in [5.41, 5.74) is 2.21. The summed E-state index contributed by atoms with van der Waals surface area (Å²) in [5, 5.41) is 5.26. The van der Waals surface area contributed by atoms with Gasteiger partial charge in [0.25, 0.3) is 11.8 Å². The first-order valence-corrected chi connectivity index (χ1v) is 8.21. The van der Waals surface area contributed by atoms with Gasteiger partial charge in [-0.2, -0.15) is 0 Å². The van der Waals surface area contributed by atoms with Crippen LogP contribution in [-0.2, 0) is 4.79 Å². The Kier molecular flexibility index (Phi) is 5.47. The van der Waals surface area contributed by atoms with Crippen LogP contribution < -0.4 is 10.6 Å². The second kappa shape index (κ2) is 8.14. The maximum Gasteiger partial charge on any atom is 0.291 e. The van der Waals surface area contributed by atoms with Crippen molar-refractivity contribution in [3.05, 3.63) is 95.3 Å². The van der Waals surface area contributed by atoms with Gasteiger partial charge in [0.15, 0.2) is 5.76 Å². The molecule has 0 aliphatic carbocycles. The fourth-order valence-corrected chi connectivity index (χ4v) is 2.31. The van der Waals surface area contributed by atoms with Crippen LogP contribution in [-0.4, -0.2) is 11.8 Å². The van der Waals surface area contributed by atoms with E-state index in [1.54, 1.807) is 18.2 Å². The topological polar surface area (TPSA) is 71.3 Å². The van der Waals surface area contributed by atoms with Gasteiger partial charge in [-0.15, -0.1) is 0 Å². The fourth-order valence-electron chi connectivity index (χ4n) is 2.31. The van der Waals surface area contributed by atoms with Gasteiger partial charge in [0.2, 0.25) is 0 Å². The number of furan rings is 1. The Labute approximate surface area is 155 Å². The van der Waals surface area contributed by atoms with E-state index >= 15 is 0 Å². The highest BCUT2D eigenvalue weighted by Gasteiger charge is 2.16. The van der Waals surface area contributed by atoms with E-state index in [1.165, 1.54) is 42.7 Å². The number of benzene rings is 2. The molecule has 1 aromatic heterocycles. The minimum Gasteiger partial charge on any atom is -0.459 e. The predicted octanol–water partition coefficient (Wildman–Crippen LogP) is 4.14. The normalized spacial score (nSPS) is 11.1. The summed E-state index contributed by atoms with van der Waals surface area (Å²) in [7, 11) is 0. The minimum atomic E-state index is -0.563. The summed E-state index contributed by atoms with van der Waals surface area (Å²) in [4.78, 5) is 25.0. The molecule has 0 atom stereocenters. The van der Waals surface area contributed by atoms with Crippen molar-refractivity contribution in [3.63, 3.8) is 0 Å². The highest BCUT2D eigenvalue weighted by atomic mass is 19.1. The Bertz CT molecular complexity index is 960. The molecule has 1 heterocycles. The lowest BCUT2D eigenvalue weighted by atomic mass is 10.1. The van der Waals surface area contributed by atoms with E-state index < -0.39 is 17.6 Å². The van der Waals surface area contributed by atoms with E-state index in [2.05, 4.69) is 10.6 Å². The molecule has 0 aliphatic rings. The van der Waals surface area contributed by atoms with Crippen LogP contribution in [0, 0.1) is 12.7 Å². The van der Waals surface area contributed by atoms with Crippen molar-refractivity contribution in [2.45, 2.75) is 6.92 Å². The second-order valence-electron chi connectivity index (χ2n) is 5.86. The zero-order valence-electron chi connectivity index (χ0n) is 14.5. The van der Waals surface area contributed by atoms with Crippen molar-refractivity contribution in [2.75, 3.05) is 5.32 Å². The van der Waals surface area contributed by atoms with E-state index in [0.29, 0.717) is 11.3 Å². The lowest BCUT2D eigenvalue weighted by Gasteiger charge is -2.10. The van der Waals surface area contributed by atoms with Gasteiger partial charge in [0, 0.05) is 5.69 Å². The van der Waals surface area contributed by atoms with Gasteiger partial charge in [-0.1, -0.05) is 29.8 Å². The van der Waals surface area contributed by atoms with E-state index in [9.17, 15) is 14.0 Å². The van der Waals surface area contributed by atoms with Crippen LogP contribution in [0.4, 0.5) is 10.1 Å². The van der Waals surface area contributed by atoms with Gasteiger partial charge >= 0.3 is 0 Å². The molecule has 0 aliphatic heterocycles. The summed E-state index contributed by atoms with van der Waals surface area (Å²) < 4.78 is 18.2. The first-order valence-electron chi connectivity index (χ1n) is 8.21. The number of rotatable bonds is 5. The Morgan fingerprint density at radius 2 is 1.70 bits per heavy atom. The largest absolute Gasteiger partial charge is 0.459 e. The molecule has 0 saturated heterocycles. The molecule has 2 amide bonds. The number of nitrogens with one attached hydrogen (secondary N) is 2. The highest BCUT2D eigenvalue weighted by molar-refractivity contribution is 6.10. The number of carbonyl (C=O) groups is 2. The summed E-state index contributed by atoms with van der Waals surface area (Å²) in [5.74, 6) is -1.39. The quantitative estimate of drug-likeness (QED) is 0.669. The number of anilines is 1. The second-order valence-corrected chi connectivity index (χ2v) is 5.86. The van der Waals surface area contributed by atoms with Crippen molar-refractivity contribution >= 4 is 23.6 Å². The van der Waals surface area contributed by atoms with Crippen molar-refractivity contribution in [1.29, 1.82) is 0 Å². The molecule has 5 nitrogen and oxygen atoms in total. The number of hydrogen-bond acceptors (Lipinski definition) is 3. The number of amides is 2. The van der Waals surface area contributed by atoms with Crippen LogP contribution in [0.2, 0.25) is 0 Å². The highest BCUT2D eigenvalue weighted by Crippen LogP contribution is 2.13. The van der Waals surface area contributed by atoms with E-state index in [-0.39, 0.29) is 11.5 Å². The molecule has 27 heavy (non-hydrogen) atoms. The molecule has 6 heteroatoms. The number of hydrogen-bond donors (Lipinski definition) is 2. The van der Waals surface area contributed by atoms with Gasteiger partial charge in [-0.25, -0.2) is 4.39 Å². The molecule has 0 radical (unpaired) electrons. The Morgan fingerprint density at radius 3 is 2.33 bits per heavy atom. The van der Waals surface area contributed by atoms with Crippen LogP contribution in [0.1, 0.15) is 21.7 Å². The summed E-state index contributed by atoms with van der Waals surface area (Å²) in [6.45, 7) is 1.94. The van der Waals surface area contributed by atoms with Gasteiger partial charge in [0.1, 0.15) is 11.5 Å². The third-order valence-corrected chi connectivity index (χ3v) is 3.73. The van der Waals surface area contributed by atoms with E-state index in [1.807, 2.05) is 19.1 Å². The molecule has 3 aromatic rings. The number of aryl methyl sites for hydroxylation is 1. The zero-order valence-corrected chi connectivity index (χ0v) is 14.5. The molecule has 2 N–H and O–H groups in total. The Hall–Kier alpha value is -3.67. The maximum atomic E-state index is 13.1. The number of carbonyl (C=O) groups excluding carboxylic acids is 2. The number of halogens is 1. The molecule has 136 valence electrons. The maximum absolute atomic E-state index is 13.1. The molecule has 3 rings (SSSR count). The molecule has 0 fully saturated rings. The van der Waals surface area contributed by atoms with Crippen molar-refractivity contribution in [2.24, 2.45) is 0 Å². The minimum absolute atomic E-state index is 0.00332. The molecule has 0 spiro atoms. The van der Waals surface area contributed by atoms with Crippen LogP contribution in [0.5, 0.6) is 0 Å². The SMILES string of the molecule is Cc1ccc(NC(=O)C(=Cc2ccc(F)cc2)NC(=O)c2ccco2)cc1. The lowest BCUT2D eigenvalue weighted by molar-refractivity contribution is -0.113. The predicted molar refractivity (Wildman–Crippen MR) is 100 cm³/mol. The Morgan fingerprint density at radius 1 is 1.00 bits per heavy atom. The average molecular weight is 364 g/mol. The molecule has 0 bridgehead atoms. The first kappa shape index (κ1) is 18.1. The van der Waals surface area contributed by atoms with Crippen molar-refractivity contribution < 1.29 is 18.4 Å². The van der Waals surface area contributed by atoms with Crippen molar-refractivity contribution in [1.82, 2.24) is 5.32 Å².